The quantitative estimate of drug-likeness (QED) is 0.834. The van der Waals surface area contributed by atoms with E-state index in [-0.39, 0.29) is 6.10 Å². The van der Waals surface area contributed by atoms with Gasteiger partial charge in [-0.05, 0) is 37.1 Å². The predicted octanol–water partition coefficient (Wildman–Crippen LogP) is 2.47. The molecule has 0 aliphatic carbocycles. The molecule has 86 valence electrons. The van der Waals surface area contributed by atoms with E-state index in [0.717, 1.165) is 16.9 Å². The molecule has 1 aromatic rings. The number of benzene rings is 1. The first-order chi connectivity index (χ1) is 7.56. The van der Waals surface area contributed by atoms with E-state index in [4.69, 9.17) is 9.84 Å². The van der Waals surface area contributed by atoms with Gasteiger partial charge in [-0.15, -0.1) is 0 Å². The zero-order valence-corrected chi connectivity index (χ0v) is 9.43. The predicted molar refractivity (Wildman–Crippen MR) is 59.5 cm³/mol. The minimum Gasteiger partial charge on any atom is -0.491 e. The topological polar surface area (TPSA) is 49.8 Å². The molecule has 0 fully saturated rings. The van der Waals surface area contributed by atoms with E-state index in [9.17, 15) is 4.79 Å². The summed E-state index contributed by atoms with van der Waals surface area (Å²) in [5, 5.41) is 8.89. The first kappa shape index (κ1) is 10.8. The number of carboxylic acid groups (broad SMARTS) is 1. The van der Waals surface area contributed by atoms with E-state index in [1.807, 2.05) is 32.0 Å². The molecule has 1 heterocycles. The first-order valence-electron chi connectivity index (χ1n) is 5.32. The van der Waals surface area contributed by atoms with Crippen molar-refractivity contribution >= 4 is 6.09 Å². The summed E-state index contributed by atoms with van der Waals surface area (Å²) in [5.74, 6) is 0.806. The van der Waals surface area contributed by atoms with Gasteiger partial charge in [-0.1, -0.05) is 6.07 Å². The van der Waals surface area contributed by atoms with Crippen molar-refractivity contribution in [1.82, 2.24) is 4.90 Å². The molecule has 0 aromatic heterocycles. The van der Waals surface area contributed by atoms with Crippen LogP contribution in [-0.2, 0) is 13.1 Å². The van der Waals surface area contributed by atoms with E-state index < -0.39 is 6.09 Å². The average molecular weight is 221 g/mol. The maximum atomic E-state index is 10.8. The highest BCUT2D eigenvalue weighted by molar-refractivity contribution is 5.66. The third kappa shape index (κ3) is 2.10. The molecule has 4 nitrogen and oxygen atoms in total. The Balaban J connectivity index is 2.17. The molecule has 1 aliphatic heterocycles. The number of nitrogens with zero attached hydrogens (tertiary/aromatic N) is 1. The van der Waals surface area contributed by atoms with Crippen LogP contribution in [0.1, 0.15) is 25.0 Å². The SMILES string of the molecule is CC(C)Oc1ccc2c(c1)CN(C(=O)O)C2. The number of fused-ring (bicyclic) bond motifs is 1. The number of hydrogen-bond donors (Lipinski definition) is 1. The Morgan fingerprint density at radius 1 is 1.38 bits per heavy atom. The fourth-order valence-corrected chi connectivity index (χ4v) is 1.85. The van der Waals surface area contributed by atoms with Crippen molar-refractivity contribution in [2.45, 2.75) is 33.0 Å². The molecule has 0 atom stereocenters. The number of amides is 1. The fourth-order valence-electron chi connectivity index (χ4n) is 1.85. The van der Waals surface area contributed by atoms with E-state index >= 15 is 0 Å². The van der Waals surface area contributed by atoms with E-state index in [1.54, 1.807) is 0 Å². The molecule has 0 spiro atoms. The Hall–Kier alpha value is -1.71. The van der Waals surface area contributed by atoms with Crippen molar-refractivity contribution in [1.29, 1.82) is 0 Å². The first-order valence-corrected chi connectivity index (χ1v) is 5.32. The van der Waals surface area contributed by atoms with Gasteiger partial charge < -0.3 is 9.84 Å². The van der Waals surface area contributed by atoms with Gasteiger partial charge in [0.15, 0.2) is 0 Å². The number of rotatable bonds is 2. The van der Waals surface area contributed by atoms with Crippen LogP contribution in [0.2, 0.25) is 0 Å². The largest absolute Gasteiger partial charge is 0.491 e. The summed E-state index contributed by atoms with van der Waals surface area (Å²) >= 11 is 0. The molecule has 16 heavy (non-hydrogen) atoms. The normalized spacial score (nSPS) is 14.1. The van der Waals surface area contributed by atoms with Gasteiger partial charge in [0.25, 0.3) is 0 Å². The molecule has 0 saturated heterocycles. The molecule has 1 aliphatic rings. The Kier molecular flexibility index (Phi) is 2.73. The van der Waals surface area contributed by atoms with Crippen molar-refractivity contribution in [2.24, 2.45) is 0 Å². The molecular formula is C12H15NO3. The van der Waals surface area contributed by atoms with Crippen molar-refractivity contribution in [3.63, 3.8) is 0 Å². The molecule has 0 radical (unpaired) electrons. The zero-order chi connectivity index (χ0) is 11.7. The smallest absolute Gasteiger partial charge is 0.407 e. The van der Waals surface area contributed by atoms with Crippen molar-refractivity contribution in [3.05, 3.63) is 29.3 Å². The highest BCUT2D eigenvalue weighted by atomic mass is 16.5. The van der Waals surface area contributed by atoms with Crippen LogP contribution in [0, 0.1) is 0 Å². The zero-order valence-electron chi connectivity index (χ0n) is 9.43. The lowest BCUT2D eigenvalue weighted by Crippen LogP contribution is -2.22. The second-order valence-corrected chi connectivity index (χ2v) is 4.24. The summed E-state index contributed by atoms with van der Waals surface area (Å²) in [5.41, 5.74) is 2.11. The molecule has 1 aromatic carbocycles. The monoisotopic (exact) mass is 221 g/mol. The van der Waals surface area contributed by atoms with Gasteiger partial charge in [0.2, 0.25) is 0 Å². The summed E-state index contributed by atoms with van der Waals surface area (Å²) in [6.45, 7) is 4.88. The average Bonchev–Trinajstić information content (AvgIpc) is 2.59. The standard InChI is InChI=1S/C12H15NO3/c1-8(2)16-11-4-3-9-6-13(12(14)15)7-10(9)5-11/h3-5,8H,6-7H2,1-2H3,(H,14,15). The lowest BCUT2D eigenvalue weighted by Gasteiger charge is -2.10. The molecule has 0 bridgehead atoms. The maximum Gasteiger partial charge on any atom is 0.407 e. The number of carbonyl (C=O) groups is 1. The maximum absolute atomic E-state index is 10.8. The van der Waals surface area contributed by atoms with Gasteiger partial charge in [-0.3, -0.25) is 4.90 Å². The van der Waals surface area contributed by atoms with Crippen LogP contribution in [0.15, 0.2) is 18.2 Å². The van der Waals surface area contributed by atoms with Crippen LogP contribution < -0.4 is 4.74 Å². The van der Waals surface area contributed by atoms with Gasteiger partial charge in [0.1, 0.15) is 5.75 Å². The second kappa shape index (κ2) is 4.04. The fraction of sp³-hybridized carbons (Fsp3) is 0.417. The van der Waals surface area contributed by atoms with Gasteiger partial charge in [-0.2, -0.15) is 0 Å². The van der Waals surface area contributed by atoms with Gasteiger partial charge in [-0.25, -0.2) is 4.79 Å². The summed E-state index contributed by atoms with van der Waals surface area (Å²) in [4.78, 5) is 12.2. The van der Waals surface area contributed by atoms with Crippen molar-refractivity contribution < 1.29 is 14.6 Å². The minimum absolute atomic E-state index is 0.134. The Morgan fingerprint density at radius 2 is 2.06 bits per heavy atom. The molecule has 1 amide bonds. The third-order valence-corrected chi connectivity index (χ3v) is 2.54. The van der Waals surface area contributed by atoms with E-state index in [0.29, 0.717) is 13.1 Å². The molecule has 4 heteroatoms. The Morgan fingerprint density at radius 3 is 2.69 bits per heavy atom. The molecule has 0 saturated carbocycles. The van der Waals surface area contributed by atoms with Crippen LogP contribution in [0.4, 0.5) is 4.79 Å². The van der Waals surface area contributed by atoms with Crippen molar-refractivity contribution in [2.75, 3.05) is 0 Å². The lowest BCUT2D eigenvalue weighted by atomic mass is 10.1. The summed E-state index contributed by atoms with van der Waals surface area (Å²) in [7, 11) is 0. The van der Waals surface area contributed by atoms with Crippen LogP contribution in [0.25, 0.3) is 0 Å². The van der Waals surface area contributed by atoms with Crippen LogP contribution in [0.3, 0.4) is 0 Å². The van der Waals surface area contributed by atoms with E-state index in [1.165, 1.54) is 4.90 Å². The summed E-state index contributed by atoms with van der Waals surface area (Å²) in [6, 6.07) is 5.76. The van der Waals surface area contributed by atoms with Crippen molar-refractivity contribution in [3.8, 4) is 5.75 Å². The van der Waals surface area contributed by atoms with Gasteiger partial charge in [0, 0.05) is 13.1 Å². The van der Waals surface area contributed by atoms with Crippen LogP contribution in [-0.4, -0.2) is 22.2 Å². The summed E-state index contributed by atoms with van der Waals surface area (Å²) in [6.07, 6.45) is -0.738. The minimum atomic E-state index is -0.873. The third-order valence-electron chi connectivity index (χ3n) is 2.54. The molecule has 2 rings (SSSR count). The molecule has 1 N–H and O–H groups in total. The van der Waals surface area contributed by atoms with Crippen LogP contribution in [0.5, 0.6) is 5.75 Å². The Bertz CT molecular complexity index is 415. The highest BCUT2D eigenvalue weighted by Crippen LogP contribution is 2.27. The highest BCUT2D eigenvalue weighted by Gasteiger charge is 2.22. The number of hydrogen-bond acceptors (Lipinski definition) is 2. The van der Waals surface area contributed by atoms with Crippen LogP contribution >= 0.6 is 0 Å². The molecule has 0 unspecified atom stereocenters. The molecular weight excluding hydrogens is 206 g/mol. The van der Waals surface area contributed by atoms with Gasteiger partial charge in [0.05, 0.1) is 6.10 Å². The van der Waals surface area contributed by atoms with E-state index in [2.05, 4.69) is 0 Å². The lowest BCUT2D eigenvalue weighted by molar-refractivity contribution is 0.145. The second-order valence-electron chi connectivity index (χ2n) is 4.24. The Labute approximate surface area is 94.4 Å². The summed E-state index contributed by atoms with van der Waals surface area (Å²) < 4.78 is 5.57. The number of ether oxygens (including phenoxy) is 1. The van der Waals surface area contributed by atoms with Gasteiger partial charge >= 0.3 is 6.09 Å².